The summed E-state index contributed by atoms with van der Waals surface area (Å²) in [6.07, 6.45) is 1.51. The van der Waals surface area contributed by atoms with Crippen molar-refractivity contribution in [1.29, 1.82) is 0 Å². The van der Waals surface area contributed by atoms with Crippen molar-refractivity contribution in [2.45, 2.75) is 13.8 Å². The van der Waals surface area contributed by atoms with Crippen LogP contribution in [0.25, 0.3) is 0 Å². The first-order valence-corrected chi connectivity index (χ1v) is 3.22. The predicted octanol–water partition coefficient (Wildman–Crippen LogP) is 0.450. The number of nitrogens with one attached hydrogen (secondary N) is 1. The number of H-pyrrole nitrogens is 1. The van der Waals surface area contributed by atoms with Crippen LogP contribution in [0.4, 0.5) is 0 Å². The molecular weight excluding hydrogens is 140 g/mol. The van der Waals surface area contributed by atoms with Crippen molar-refractivity contribution >= 4 is 0 Å². The van der Waals surface area contributed by atoms with Crippen LogP contribution in [0.5, 0.6) is 0 Å². The first-order chi connectivity index (χ1) is 5.24. The Kier molecular flexibility index (Phi) is 2.07. The van der Waals surface area contributed by atoms with Gasteiger partial charge in [-0.05, 0) is 25.3 Å². The van der Waals surface area contributed by atoms with Crippen molar-refractivity contribution in [2.75, 3.05) is 0 Å². The van der Waals surface area contributed by atoms with Gasteiger partial charge >= 0.3 is 5.69 Å². The van der Waals surface area contributed by atoms with Gasteiger partial charge in [-0.25, -0.2) is 9.78 Å². The summed E-state index contributed by atoms with van der Waals surface area (Å²) in [5, 5.41) is 0. The maximum Gasteiger partial charge on any atom is 0.345 e. The highest BCUT2D eigenvalue weighted by atomic mass is 16.1. The molecule has 0 amide bonds. The van der Waals surface area contributed by atoms with Crippen molar-refractivity contribution in [1.82, 2.24) is 9.97 Å². The van der Waals surface area contributed by atoms with Gasteiger partial charge in [-0.1, -0.05) is 5.92 Å². The molecule has 1 N–H and O–H groups in total. The lowest BCUT2D eigenvalue weighted by molar-refractivity contribution is 1.03. The van der Waals surface area contributed by atoms with Gasteiger partial charge in [-0.3, -0.25) is 4.98 Å². The summed E-state index contributed by atoms with van der Waals surface area (Å²) in [7, 11) is 0. The largest absolute Gasteiger partial charge is 0.345 e. The van der Waals surface area contributed by atoms with Crippen molar-refractivity contribution in [3.05, 3.63) is 27.9 Å². The van der Waals surface area contributed by atoms with E-state index in [2.05, 4.69) is 21.8 Å². The van der Waals surface area contributed by atoms with Gasteiger partial charge in [0.2, 0.25) is 0 Å². The zero-order valence-electron chi connectivity index (χ0n) is 6.43. The van der Waals surface area contributed by atoms with Crippen LogP contribution in [0.15, 0.2) is 11.0 Å². The lowest BCUT2D eigenvalue weighted by atomic mass is 10.2. The highest BCUT2D eigenvalue weighted by Crippen LogP contribution is 1.95. The topological polar surface area (TPSA) is 45.8 Å². The first-order valence-electron chi connectivity index (χ1n) is 3.22. The standard InChI is InChI=1S/C8H8N2O/c1-3-4-7-6(2)5-9-8(11)10-7/h5H,1-2H3,(H,9,10,11). The summed E-state index contributed by atoms with van der Waals surface area (Å²) in [6, 6.07) is 0. The van der Waals surface area contributed by atoms with E-state index in [-0.39, 0.29) is 5.69 Å². The summed E-state index contributed by atoms with van der Waals surface area (Å²) >= 11 is 0. The Morgan fingerprint density at radius 1 is 1.64 bits per heavy atom. The third-order valence-electron chi connectivity index (χ3n) is 1.25. The molecule has 0 saturated heterocycles. The first kappa shape index (κ1) is 7.55. The molecule has 56 valence electrons. The summed E-state index contributed by atoms with van der Waals surface area (Å²) in [5.74, 6) is 5.48. The van der Waals surface area contributed by atoms with E-state index in [9.17, 15) is 4.79 Å². The average molecular weight is 148 g/mol. The molecule has 11 heavy (non-hydrogen) atoms. The van der Waals surface area contributed by atoms with E-state index in [1.807, 2.05) is 6.92 Å². The maximum atomic E-state index is 10.7. The maximum absolute atomic E-state index is 10.7. The fourth-order valence-electron chi connectivity index (χ4n) is 0.713. The Morgan fingerprint density at radius 2 is 2.36 bits per heavy atom. The van der Waals surface area contributed by atoms with Gasteiger partial charge in [0.25, 0.3) is 0 Å². The molecule has 1 rings (SSSR count). The Bertz CT molecular complexity index is 368. The van der Waals surface area contributed by atoms with Crippen LogP contribution < -0.4 is 5.69 Å². The predicted molar refractivity (Wildman–Crippen MR) is 42.1 cm³/mol. The van der Waals surface area contributed by atoms with Gasteiger partial charge in [0.1, 0.15) is 0 Å². The van der Waals surface area contributed by atoms with E-state index < -0.39 is 0 Å². The molecule has 0 unspecified atom stereocenters. The normalized spacial score (nSPS) is 8.55. The van der Waals surface area contributed by atoms with Crippen molar-refractivity contribution in [2.24, 2.45) is 0 Å². The Balaban J connectivity index is 3.31. The van der Waals surface area contributed by atoms with E-state index in [0.29, 0.717) is 5.69 Å². The summed E-state index contributed by atoms with van der Waals surface area (Å²) in [4.78, 5) is 16.8. The number of hydrogen-bond acceptors (Lipinski definition) is 2. The zero-order chi connectivity index (χ0) is 8.27. The molecule has 1 aromatic heterocycles. The van der Waals surface area contributed by atoms with Crippen molar-refractivity contribution in [3.63, 3.8) is 0 Å². The monoisotopic (exact) mass is 148 g/mol. The summed E-state index contributed by atoms with van der Waals surface area (Å²) in [5.41, 5.74) is 1.18. The van der Waals surface area contributed by atoms with Crippen LogP contribution in [0.2, 0.25) is 0 Å². The smallest absolute Gasteiger partial charge is 0.298 e. The zero-order valence-corrected chi connectivity index (χ0v) is 6.43. The van der Waals surface area contributed by atoms with Gasteiger partial charge in [-0.15, -0.1) is 0 Å². The SMILES string of the molecule is CC#Cc1[nH]c(=O)ncc1C. The molecule has 0 aromatic carbocycles. The summed E-state index contributed by atoms with van der Waals surface area (Å²) in [6.45, 7) is 3.57. The molecule has 0 aliphatic carbocycles. The van der Waals surface area contributed by atoms with Crippen LogP contribution >= 0.6 is 0 Å². The van der Waals surface area contributed by atoms with Crippen LogP contribution in [0.1, 0.15) is 18.2 Å². The molecule has 0 atom stereocenters. The highest BCUT2D eigenvalue weighted by Gasteiger charge is 1.93. The Labute approximate surface area is 64.5 Å². The number of nitrogens with zero attached hydrogens (tertiary/aromatic N) is 1. The average Bonchev–Trinajstić information content (AvgIpc) is 1.98. The second-order valence-corrected chi connectivity index (χ2v) is 2.12. The molecule has 3 nitrogen and oxygen atoms in total. The molecular formula is C8H8N2O. The summed E-state index contributed by atoms with van der Waals surface area (Å²) < 4.78 is 0. The van der Waals surface area contributed by atoms with E-state index >= 15 is 0 Å². The number of aromatic amines is 1. The minimum Gasteiger partial charge on any atom is -0.298 e. The molecule has 0 saturated carbocycles. The number of hydrogen-bond donors (Lipinski definition) is 1. The van der Waals surface area contributed by atoms with Crippen molar-refractivity contribution in [3.8, 4) is 11.8 Å². The molecule has 0 aliphatic heterocycles. The fraction of sp³-hybridized carbons (Fsp3) is 0.250. The third-order valence-corrected chi connectivity index (χ3v) is 1.25. The van der Waals surface area contributed by atoms with Gasteiger partial charge < -0.3 is 0 Å². The molecule has 3 heteroatoms. The van der Waals surface area contributed by atoms with Crippen LogP contribution in [0, 0.1) is 18.8 Å². The lowest BCUT2D eigenvalue weighted by Crippen LogP contribution is -2.11. The van der Waals surface area contributed by atoms with E-state index in [1.165, 1.54) is 6.20 Å². The van der Waals surface area contributed by atoms with Crippen LogP contribution in [-0.4, -0.2) is 9.97 Å². The number of rotatable bonds is 0. The second kappa shape index (κ2) is 3.02. The molecule has 0 radical (unpaired) electrons. The van der Waals surface area contributed by atoms with E-state index in [0.717, 1.165) is 5.56 Å². The minimum absolute atomic E-state index is 0.353. The van der Waals surface area contributed by atoms with Crippen molar-refractivity contribution < 1.29 is 0 Å². The Hall–Kier alpha value is -1.56. The lowest BCUT2D eigenvalue weighted by Gasteiger charge is -1.93. The van der Waals surface area contributed by atoms with Gasteiger partial charge in [0, 0.05) is 6.20 Å². The van der Waals surface area contributed by atoms with Crippen LogP contribution in [-0.2, 0) is 0 Å². The minimum atomic E-state index is -0.353. The van der Waals surface area contributed by atoms with E-state index in [4.69, 9.17) is 0 Å². The number of aryl methyl sites for hydroxylation is 1. The van der Waals surface area contributed by atoms with Crippen LogP contribution in [0.3, 0.4) is 0 Å². The quantitative estimate of drug-likeness (QED) is 0.543. The molecule has 0 aliphatic rings. The van der Waals surface area contributed by atoms with Gasteiger partial charge in [0.05, 0.1) is 5.69 Å². The Morgan fingerprint density at radius 3 is 3.00 bits per heavy atom. The van der Waals surface area contributed by atoms with Gasteiger partial charge in [0.15, 0.2) is 0 Å². The third kappa shape index (κ3) is 1.68. The molecule has 1 heterocycles. The fourth-order valence-corrected chi connectivity index (χ4v) is 0.713. The second-order valence-electron chi connectivity index (χ2n) is 2.12. The molecule has 0 spiro atoms. The van der Waals surface area contributed by atoms with E-state index in [1.54, 1.807) is 6.92 Å². The molecule has 1 aromatic rings. The number of aromatic nitrogens is 2. The highest BCUT2D eigenvalue weighted by molar-refractivity contribution is 5.31. The molecule has 0 bridgehead atoms. The van der Waals surface area contributed by atoms with Gasteiger partial charge in [-0.2, -0.15) is 0 Å². The molecule has 0 fully saturated rings.